The Bertz CT molecular complexity index is 446. The number of anilines is 1. The maximum absolute atomic E-state index is 11.9. The molecule has 0 N–H and O–H groups in total. The van der Waals surface area contributed by atoms with Crippen LogP contribution in [0.1, 0.15) is 25.0 Å². The van der Waals surface area contributed by atoms with Crippen LogP contribution < -0.4 is 4.90 Å². The fourth-order valence-corrected chi connectivity index (χ4v) is 1.87. The van der Waals surface area contributed by atoms with Gasteiger partial charge in [-0.3, -0.25) is 4.79 Å². The summed E-state index contributed by atoms with van der Waals surface area (Å²) in [6.07, 6.45) is 3.15. The van der Waals surface area contributed by atoms with Gasteiger partial charge in [0, 0.05) is 11.7 Å². The molecule has 90 valence electrons. The van der Waals surface area contributed by atoms with E-state index in [4.69, 9.17) is 0 Å². The standard InChI is InChI=1S/C15H19NO/c1-6-13-9-8-10-14(12(13)5)16(11(3)4)15(17)7-2/h6-11H,1-2H2,3-5H3. The lowest BCUT2D eigenvalue weighted by molar-refractivity contribution is -0.114. The van der Waals surface area contributed by atoms with Crippen molar-refractivity contribution in [2.24, 2.45) is 0 Å². The molecule has 0 spiro atoms. The van der Waals surface area contributed by atoms with Gasteiger partial charge in [0.1, 0.15) is 0 Å². The van der Waals surface area contributed by atoms with Crippen molar-refractivity contribution in [3.05, 3.63) is 48.6 Å². The first-order valence-electron chi connectivity index (χ1n) is 5.70. The second kappa shape index (κ2) is 5.48. The summed E-state index contributed by atoms with van der Waals surface area (Å²) in [6.45, 7) is 13.3. The molecule has 0 saturated carbocycles. The third-order valence-electron chi connectivity index (χ3n) is 2.76. The van der Waals surface area contributed by atoms with E-state index in [0.29, 0.717) is 0 Å². The van der Waals surface area contributed by atoms with E-state index >= 15 is 0 Å². The first-order valence-corrected chi connectivity index (χ1v) is 5.70. The van der Waals surface area contributed by atoms with E-state index in [1.54, 1.807) is 11.0 Å². The average molecular weight is 229 g/mol. The fourth-order valence-electron chi connectivity index (χ4n) is 1.87. The van der Waals surface area contributed by atoms with Crippen molar-refractivity contribution in [3.63, 3.8) is 0 Å². The quantitative estimate of drug-likeness (QED) is 0.723. The Balaban J connectivity index is 3.33. The van der Waals surface area contributed by atoms with Crippen molar-refractivity contribution in [1.82, 2.24) is 0 Å². The molecule has 1 amide bonds. The monoisotopic (exact) mass is 229 g/mol. The zero-order valence-corrected chi connectivity index (χ0v) is 10.7. The van der Waals surface area contributed by atoms with Crippen LogP contribution in [0.25, 0.3) is 6.08 Å². The molecule has 0 aromatic heterocycles. The second-order valence-electron chi connectivity index (χ2n) is 4.20. The lowest BCUT2D eigenvalue weighted by Gasteiger charge is -2.27. The number of carbonyl (C=O) groups excluding carboxylic acids is 1. The molecule has 0 fully saturated rings. The zero-order chi connectivity index (χ0) is 13.0. The summed E-state index contributed by atoms with van der Waals surface area (Å²) in [4.78, 5) is 13.6. The zero-order valence-electron chi connectivity index (χ0n) is 10.7. The summed E-state index contributed by atoms with van der Waals surface area (Å²) in [6, 6.07) is 5.97. The van der Waals surface area contributed by atoms with Crippen molar-refractivity contribution in [2.45, 2.75) is 26.8 Å². The van der Waals surface area contributed by atoms with E-state index in [9.17, 15) is 4.79 Å². The maximum atomic E-state index is 11.9. The highest BCUT2D eigenvalue weighted by Gasteiger charge is 2.18. The molecule has 0 unspecified atom stereocenters. The molecule has 0 heterocycles. The van der Waals surface area contributed by atoms with Crippen LogP contribution >= 0.6 is 0 Å². The van der Waals surface area contributed by atoms with Crippen molar-refractivity contribution in [1.29, 1.82) is 0 Å². The molecule has 1 rings (SSSR count). The molecule has 0 radical (unpaired) electrons. The van der Waals surface area contributed by atoms with Gasteiger partial charge in [-0.05, 0) is 44.0 Å². The molecule has 0 bridgehead atoms. The van der Waals surface area contributed by atoms with Crippen LogP contribution in [0.15, 0.2) is 37.4 Å². The summed E-state index contributed by atoms with van der Waals surface area (Å²) >= 11 is 0. The Labute approximate surface area is 103 Å². The van der Waals surface area contributed by atoms with Gasteiger partial charge in [-0.25, -0.2) is 0 Å². The Morgan fingerprint density at radius 1 is 1.35 bits per heavy atom. The topological polar surface area (TPSA) is 20.3 Å². The Kier molecular flexibility index (Phi) is 4.27. The van der Waals surface area contributed by atoms with Crippen molar-refractivity contribution in [3.8, 4) is 0 Å². The van der Waals surface area contributed by atoms with Crippen molar-refractivity contribution < 1.29 is 4.79 Å². The largest absolute Gasteiger partial charge is 0.306 e. The lowest BCUT2D eigenvalue weighted by atomic mass is 10.0. The van der Waals surface area contributed by atoms with Crippen LogP contribution in [-0.2, 0) is 4.79 Å². The highest BCUT2D eigenvalue weighted by molar-refractivity contribution is 6.02. The van der Waals surface area contributed by atoms with Gasteiger partial charge in [0.15, 0.2) is 0 Å². The summed E-state index contributed by atoms with van der Waals surface area (Å²) in [5.41, 5.74) is 3.03. The fraction of sp³-hybridized carbons (Fsp3) is 0.267. The van der Waals surface area contributed by atoms with Crippen LogP contribution in [0, 0.1) is 6.92 Å². The van der Waals surface area contributed by atoms with E-state index in [0.717, 1.165) is 16.8 Å². The molecular weight excluding hydrogens is 210 g/mol. The lowest BCUT2D eigenvalue weighted by Crippen LogP contribution is -2.36. The minimum atomic E-state index is -0.0793. The van der Waals surface area contributed by atoms with E-state index in [-0.39, 0.29) is 11.9 Å². The Hall–Kier alpha value is -1.83. The third kappa shape index (κ3) is 2.64. The molecule has 2 nitrogen and oxygen atoms in total. The number of rotatable bonds is 4. The third-order valence-corrected chi connectivity index (χ3v) is 2.76. The van der Waals surface area contributed by atoms with Gasteiger partial charge in [-0.1, -0.05) is 31.4 Å². The molecule has 17 heavy (non-hydrogen) atoms. The number of nitrogens with zero attached hydrogens (tertiary/aromatic N) is 1. The van der Waals surface area contributed by atoms with Gasteiger partial charge in [-0.2, -0.15) is 0 Å². The Morgan fingerprint density at radius 2 is 2.00 bits per heavy atom. The minimum absolute atomic E-state index is 0.0793. The SMILES string of the molecule is C=CC(=O)N(c1cccc(C=C)c1C)C(C)C. The normalized spacial score (nSPS) is 10.1. The van der Waals surface area contributed by atoms with Gasteiger partial charge in [0.05, 0.1) is 0 Å². The van der Waals surface area contributed by atoms with Gasteiger partial charge in [0.2, 0.25) is 0 Å². The smallest absolute Gasteiger partial charge is 0.250 e. The molecule has 0 atom stereocenters. The minimum Gasteiger partial charge on any atom is -0.306 e. The Morgan fingerprint density at radius 3 is 2.47 bits per heavy atom. The molecule has 1 aromatic rings. The van der Waals surface area contributed by atoms with E-state index in [1.165, 1.54) is 6.08 Å². The number of carbonyl (C=O) groups is 1. The molecule has 0 saturated heterocycles. The van der Waals surface area contributed by atoms with Crippen LogP contribution in [-0.4, -0.2) is 11.9 Å². The number of benzene rings is 1. The van der Waals surface area contributed by atoms with Gasteiger partial charge < -0.3 is 4.90 Å². The first-order chi connectivity index (χ1) is 8.02. The van der Waals surface area contributed by atoms with E-state index in [2.05, 4.69) is 13.2 Å². The molecule has 1 aromatic carbocycles. The first kappa shape index (κ1) is 13.2. The number of hydrogen-bond donors (Lipinski definition) is 0. The molecular formula is C15H19NO. The summed E-state index contributed by atoms with van der Waals surface area (Å²) in [7, 11) is 0. The van der Waals surface area contributed by atoms with Crippen molar-refractivity contribution >= 4 is 17.7 Å². The maximum Gasteiger partial charge on any atom is 0.250 e. The number of amides is 1. The highest BCUT2D eigenvalue weighted by Crippen LogP contribution is 2.25. The predicted octanol–water partition coefficient (Wildman–Crippen LogP) is 3.57. The average Bonchev–Trinajstić information content (AvgIpc) is 2.31. The van der Waals surface area contributed by atoms with Crippen LogP contribution in [0.4, 0.5) is 5.69 Å². The summed E-state index contributed by atoms with van der Waals surface area (Å²) < 4.78 is 0. The van der Waals surface area contributed by atoms with Crippen LogP contribution in [0.5, 0.6) is 0 Å². The van der Waals surface area contributed by atoms with Gasteiger partial charge >= 0.3 is 0 Å². The molecule has 0 aliphatic rings. The number of hydrogen-bond acceptors (Lipinski definition) is 1. The summed E-state index contributed by atoms with van der Waals surface area (Å²) in [5, 5.41) is 0. The van der Waals surface area contributed by atoms with Gasteiger partial charge in [-0.15, -0.1) is 0 Å². The molecule has 0 aliphatic carbocycles. The molecule has 2 heteroatoms. The predicted molar refractivity (Wildman–Crippen MR) is 74.1 cm³/mol. The van der Waals surface area contributed by atoms with E-state index in [1.807, 2.05) is 39.0 Å². The van der Waals surface area contributed by atoms with Gasteiger partial charge in [0.25, 0.3) is 5.91 Å². The van der Waals surface area contributed by atoms with Crippen LogP contribution in [0.2, 0.25) is 0 Å². The summed E-state index contributed by atoms with van der Waals surface area (Å²) in [5.74, 6) is -0.0793. The second-order valence-corrected chi connectivity index (χ2v) is 4.20. The highest BCUT2D eigenvalue weighted by atomic mass is 16.2. The van der Waals surface area contributed by atoms with E-state index < -0.39 is 0 Å². The molecule has 0 aliphatic heterocycles. The van der Waals surface area contributed by atoms with Crippen molar-refractivity contribution in [2.75, 3.05) is 4.90 Å². The van der Waals surface area contributed by atoms with Crippen LogP contribution in [0.3, 0.4) is 0 Å².